The van der Waals surface area contributed by atoms with E-state index in [0.717, 1.165) is 42.4 Å². The molecule has 188 valence electrons. The third-order valence-corrected chi connectivity index (χ3v) is 6.52. The predicted octanol–water partition coefficient (Wildman–Crippen LogP) is 3.05. The first kappa shape index (κ1) is 23.8. The molecule has 2 aromatic heterocycles. The van der Waals surface area contributed by atoms with Crippen LogP contribution in [0.1, 0.15) is 25.1 Å². The summed E-state index contributed by atoms with van der Waals surface area (Å²) in [5, 5.41) is 5.57. The summed E-state index contributed by atoms with van der Waals surface area (Å²) < 4.78 is 5.69. The number of fused-ring (bicyclic) bond motifs is 1. The van der Waals surface area contributed by atoms with E-state index >= 15 is 0 Å². The maximum Gasteiger partial charge on any atom is 0.319 e. The molecule has 4 heterocycles. The number of ether oxygens (including phenoxy) is 1. The van der Waals surface area contributed by atoms with Crippen molar-refractivity contribution >= 4 is 29.0 Å². The van der Waals surface area contributed by atoms with Crippen LogP contribution in [0.4, 0.5) is 27.8 Å². The molecule has 10 heteroatoms. The minimum Gasteiger partial charge on any atom is -0.397 e. The predicted molar refractivity (Wildman–Crippen MR) is 141 cm³/mol. The Morgan fingerprint density at radius 3 is 2.72 bits per heavy atom. The van der Waals surface area contributed by atoms with Crippen LogP contribution in [0.3, 0.4) is 0 Å². The highest BCUT2D eigenvalue weighted by Crippen LogP contribution is 2.33. The number of urea groups is 1. The van der Waals surface area contributed by atoms with Gasteiger partial charge in [0.1, 0.15) is 11.6 Å². The maximum absolute atomic E-state index is 11.9. The van der Waals surface area contributed by atoms with Crippen molar-refractivity contribution in [2.45, 2.75) is 32.9 Å². The number of nitrogens with one attached hydrogen (secondary N) is 2. The van der Waals surface area contributed by atoms with E-state index in [0.29, 0.717) is 43.5 Å². The van der Waals surface area contributed by atoms with E-state index in [1.807, 2.05) is 43.3 Å². The van der Waals surface area contributed by atoms with Crippen molar-refractivity contribution < 1.29 is 9.53 Å². The monoisotopic (exact) mass is 488 g/mol. The number of hydrogen-bond donors (Lipinski definition) is 3. The molecule has 0 spiro atoms. The van der Waals surface area contributed by atoms with Gasteiger partial charge in [0, 0.05) is 36.4 Å². The van der Waals surface area contributed by atoms with E-state index in [-0.39, 0.29) is 12.1 Å². The number of rotatable bonds is 5. The Labute approximate surface area is 210 Å². The average Bonchev–Trinajstić information content (AvgIpc) is 2.89. The van der Waals surface area contributed by atoms with Gasteiger partial charge in [0.15, 0.2) is 5.82 Å². The molecule has 0 bridgehead atoms. The first-order chi connectivity index (χ1) is 17.5. The number of nitrogens with two attached hydrogens (primary N) is 1. The molecule has 1 fully saturated rings. The summed E-state index contributed by atoms with van der Waals surface area (Å²) in [6.45, 7) is 8.25. The minimum atomic E-state index is -0.227. The number of anilines is 4. The molecular formula is C26H32N8O2. The van der Waals surface area contributed by atoms with E-state index in [2.05, 4.69) is 32.3 Å². The van der Waals surface area contributed by atoms with Crippen LogP contribution in [0, 0.1) is 0 Å². The van der Waals surface area contributed by atoms with Crippen molar-refractivity contribution in [2.75, 3.05) is 53.7 Å². The second-order valence-electron chi connectivity index (χ2n) is 9.10. The zero-order chi connectivity index (χ0) is 25.1. The fourth-order valence-electron chi connectivity index (χ4n) is 4.64. The minimum absolute atomic E-state index is 0.227. The molecule has 1 atom stereocenters. The van der Waals surface area contributed by atoms with Gasteiger partial charge in [0.05, 0.1) is 43.4 Å². The molecule has 0 unspecified atom stereocenters. The molecule has 1 aromatic carbocycles. The third-order valence-electron chi connectivity index (χ3n) is 6.52. The first-order valence-corrected chi connectivity index (χ1v) is 12.4. The Kier molecular flexibility index (Phi) is 6.86. The Morgan fingerprint density at radius 2 is 2.00 bits per heavy atom. The smallest absolute Gasteiger partial charge is 0.319 e. The zero-order valence-electron chi connectivity index (χ0n) is 20.7. The van der Waals surface area contributed by atoms with Gasteiger partial charge in [-0.15, -0.1) is 0 Å². The van der Waals surface area contributed by atoms with Crippen molar-refractivity contribution in [1.29, 1.82) is 0 Å². The summed E-state index contributed by atoms with van der Waals surface area (Å²) in [6.07, 6.45) is 2.52. The molecule has 0 aliphatic carbocycles. The fraction of sp³-hybridized carbons (Fsp3) is 0.385. The van der Waals surface area contributed by atoms with Gasteiger partial charge in [-0.25, -0.2) is 19.7 Å². The Bertz CT molecular complexity index is 1220. The van der Waals surface area contributed by atoms with Crippen LogP contribution in [0.2, 0.25) is 0 Å². The van der Waals surface area contributed by atoms with Crippen molar-refractivity contribution in [1.82, 2.24) is 20.3 Å². The molecule has 36 heavy (non-hydrogen) atoms. The van der Waals surface area contributed by atoms with Gasteiger partial charge < -0.3 is 30.9 Å². The molecule has 3 aromatic rings. The molecule has 2 aliphatic rings. The van der Waals surface area contributed by atoms with Crippen molar-refractivity contribution in [3.05, 3.63) is 53.9 Å². The number of carbonyl (C=O) groups excluding carboxylic acids is 1. The second-order valence-corrected chi connectivity index (χ2v) is 9.10. The lowest BCUT2D eigenvalue weighted by Crippen LogP contribution is -2.45. The van der Waals surface area contributed by atoms with Crippen LogP contribution in [0.15, 0.2) is 42.6 Å². The van der Waals surface area contributed by atoms with Gasteiger partial charge in [-0.1, -0.05) is 0 Å². The summed E-state index contributed by atoms with van der Waals surface area (Å²) >= 11 is 0. The zero-order valence-corrected chi connectivity index (χ0v) is 20.7. The number of morpholine rings is 1. The lowest BCUT2D eigenvalue weighted by Gasteiger charge is -2.38. The Morgan fingerprint density at radius 1 is 1.17 bits per heavy atom. The third kappa shape index (κ3) is 5.03. The van der Waals surface area contributed by atoms with Crippen molar-refractivity contribution in [3.63, 3.8) is 0 Å². The van der Waals surface area contributed by atoms with Crippen LogP contribution in [-0.4, -0.2) is 59.9 Å². The fourth-order valence-corrected chi connectivity index (χ4v) is 4.64. The van der Waals surface area contributed by atoms with E-state index < -0.39 is 0 Å². The number of amides is 2. The molecule has 2 aliphatic heterocycles. The number of aromatic nitrogens is 3. The molecule has 5 rings (SSSR count). The van der Waals surface area contributed by atoms with Gasteiger partial charge in [0.2, 0.25) is 0 Å². The van der Waals surface area contributed by atoms with Crippen LogP contribution in [-0.2, 0) is 17.7 Å². The first-order valence-electron chi connectivity index (χ1n) is 12.4. The molecule has 1 saturated heterocycles. The maximum atomic E-state index is 11.9. The summed E-state index contributed by atoms with van der Waals surface area (Å²) in [6, 6.07) is 11.5. The van der Waals surface area contributed by atoms with Gasteiger partial charge in [0.25, 0.3) is 0 Å². The molecule has 4 N–H and O–H groups in total. The van der Waals surface area contributed by atoms with Crippen LogP contribution >= 0.6 is 0 Å². The number of pyridine rings is 1. The summed E-state index contributed by atoms with van der Waals surface area (Å²) in [7, 11) is 0. The summed E-state index contributed by atoms with van der Waals surface area (Å²) in [4.78, 5) is 31.0. The van der Waals surface area contributed by atoms with Gasteiger partial charge >= 0.3 is 6.03 Å². The lowest BCUT2D eigenvalue weighted by atomic mass is 10.0. The van der Waals surface area contributed by atoms with Gasteiger partial charge in [-0.3, -0.25) is 0 Å². The second kappa shape index (κ2) is 10.4. The average molecular weight is 489 g/mol. The highest BCUT2D eigenvalue weighted by Gasteiger charge is 2.29. The lowest BCUT2D eigenvalue weighted by molar-refractivity contribution is 0.0984. The standard InChI is InChI=1S/C26H32N8O2/c1-3-28-26(35)30-20-7-4-18(5-8-20)24-31-22-15-33(23-9-6-19(27)14-29-23)11-10-21(22)25(32-24)34-12-13-36-16-17(34)2/h4-9,14,17H,3,10-13,15-16,27H2,1-2H3,(H2,28,30,35)/t17-/m0/s1. The topological polar surface area (TPSA) is 122 Å². The quantitative estimate of drug-likeness (QED) is 0.501. The summed E-state index contributed by atoms with van der Waals surface area (Å²) in [5.74, 6) is 2.54. The Balaban J connectivity index is 1.49. The van der Waals surface area contributed by atoms with Crippen LogP contribution in [0.5, 0.6) is 0 Å². The molecular weight excluding hydrogens is 456 g/mol. The van der Waals surface area contributed by atoms with E-state index in [4.69, 9.17) is 20.4 Å². The van der Waals surface area contributed by atoms with Crippen LogP contribution < -0.4 is 26.2 Å². The highest BCUT2D eigenvalue weighted by molar-refractivity contribution is 5.89. The SMILES string of the molecule is CCNC(=O)Nc1ccc(-c2nc3c(c(N4CCOC[C@@H]4C)n2)CCN(c2ccc(N)cn2)C3)cc1. The van der Waals surface area contributed by atoms with Crippen LogP contribution in [0.25, 0.3) is 11.4 Å². The molecule has 0 radical (unpaired) electrons. The van der Waals surface area contributed by atoms with E-state index in [1.54, 1.807) is 6.20 Å². The number of hydrogen-bond acceptors (Lipinski definition) is 8. The van der Waals surface area contributed by atoms with Crippen molar-refractivity contribution in [3.8, 4) is 11.4 Å². The van der Waals surface area contributed by atoms with Gasteiger partial charge in [-0.2, -0.15) is 0 Å². The molecule has 0 saturated carbocycles. The largest absolute Gasteiger partial charge is 0.397 e. The number of benzene rings is 1. The molecule has 10 nitrogen and oxygen atoms in total. The van der Waals surface area contributed by atoms with E-state index in [1.165, 1.54) is 5.56 Å². The highest BCUT2D eigenvalue weighted by atomic mass is 16.5. The number of carbonyl (C=O) groups is 1. The number of nitrogen functional groups attached to an aromatic ring is 1. The summed E-state index contributed by atoms with van der Waals surface area (Å²) in [5.41, 5.74) is 10.3. The Hall–Kier alpha value is -3.92. The normalized spacial score (nSPS) is 17.4. The van der Waals surface area contributed by atoms with E-state index in [9.17, 15) is 4.79 Å². The molecule has 2 amide bonds. The number of nitrogens with zero attached hydrogens (tertiary/aromatic N) is 5. The van der Waals surface area contributed by atoms with Crippen molar-refractivity contribution in [2.24, 2.45) is 0 Å². The van der Waals surface area contributed by atoms with Gasteiger partial charge in [-0.05, 0) is 56.7 Å².